The molecule has 2 rings (SSSR count). The first kappa shape index (κ1) is 13.5. The van der Waals surface area contributed by atoms with Crippen molar-refractivity contribution in [2.24, 2.45) is 0 Å². The number of phenols is 1. The molecule has 0 atom stereocenters. The van der Waals surface area contributed by atoms with Crippen molar-refractivity contribution in [3.8, 4) is 5.75 Å². The van der Waals surface area contributed by atoms with Crippen molar-refractivity contribution < 1.29 is 19.8 Å². The van der Waals surface area contributed by atoms with E-state index in [1.54, 1.807) is 0 Å². The summed E-state index contributed by atoms with van der Waals surface area (Å²) in [4.78, 5) is 24.3. The molecule has 0 aliphatic carbocycles. The van der Waals surface area contributed by atoms with Gasteiger partial charge in [-0.3, -0.25) is 14.5 Å². The minimum atomic E-state index is -1.14. The maximum Gasteiger partial charge on any atom is 0.323 e. The van der Waals surface area contributed by atoms with E-state index in [1.807, 2.05) is 0 Å². The minimum absolute atomic E-state index is 0.0297. The van der Waals surface area contributed by atoms with Gasteiger partial charge in [0.05, 0.1) is 18.0 Å². The molecule has 1 heterocycles. The lowest BCUT2D eigenvalue weighted by Gasteiger charge is -2.20. The topological polar surface area (TPSA) is 104 Å². The fourth-order valence-electron chi connectivity index (χ4n) is 1.62. The van der Waals surface area contributed by atoms with Gasteiger partial charge in [0, 0.05) is 5.69 Å². The highest BCUT2D eigenvalue weighted by Gasteiger charge is 2.20. The second kappa shape index (κ2) is 5.79. The normalized spacial score (nSPS) is 10.0. The third-order valence-electron chi connectivity index (χ3n) is 2.53. The lowest BCUT2D eigenvalue weighted by molar-refractivity contribution is -0.135. The number of amides is 1. The van der Waals surface area contributed by atoms with E-state index in [0.29, 0.717) is 5.69 Å². The predicted molar refractivity (Wildman–Crippen MR) is 69.5 cm³/mol. The number of aromatic hydroxyl groups is 1. The zero-order chi connectivity index (χ0) is 14.5. The van der Waals surface area contributed by atoms with Crippen molar-refractivity contribution >= 4 is 17.6 Å². The minimum Gasteiger partial charge on any atom is -0.508 e. The molecule has 0 saturated carbocycles. The third kappa shape index (κ3) is 3.08. The Morgan fingerprint density at radius 1 is 1.10 bits per heavy atom. The van der Waals surface area contributed by atoms with Crippen LogP contribution in [0.1, 0.15) is 10.4 Å². The van der Waals surface area contributed by atoms with E-state index >= 15 is 0 Å². The van der Waals surface area contributed by atoms with Crippen LogP contribution in [-0.2, 0) is 4.79 Å². The molecule has 0 bridgehead atoms. The Bertz CT molecular complexity index is 613. The molecule has 1 aromatic carbocycles. The highest BCUT2D eigenvalue weighted by molar-refractivity contribution is 6.07. The largest absolute Gasteiger partial charge is 0.508 e. The fourth-order valence-corrected chi connectivity index (χ4v) is 1.62. The van der Waals surface area contributed by atoms with Crippen molar-refractivity contribution in [3.05, 3.63) is 48.3 Å². The van der Waals surface area contributed by atoms with Gasteiger partial charge in [-0.1, -0.05) is 0 Å². The van der Waals surface area contributed by atoms with Crippen molar-refractivity contribution in [2.45, 2.75) is 0 Å². The van der Waals surface area contributed by atoms with Crippen LogP contribution in [0.15, 0.2) is 42.7 Å². The third-order valence-corrected chi connectivity index (χ3v) is 2.53. The number of rotatable bonds is 4. The highest BCUT2D eigenvalue weighted by atomic mass is 16.4. The monoisotopic (exact) mass is 273 g/mol. The first-order chi connectivity index (χ1) is 9.58. The summed E-state index contributed by atoms with van der Waals surface area (Å²) in [5, 5.41) is 25.3. The first-order valence-electron chi connectivity index (χ1n) is 5.67. The molecule has 0 aliphatic heterocycles. The van der Waals surface area contributed by atoms with Crippen LogP contribution in [-0.4, -0.2) is 38.8 Å². The molecular formula is C13H11N3O4. The molecule has 0 fully saturated rings. The standard InChI is InChI=1S/C13H11N3O4/c17-11-3-1-10(2-4-11)16(8-12(18)19)13(20)9-5-6-14-15-7-9/h1-7,17H,8H2,(H,18,19). The number of anilines is 1. The fraction of sp³-hybridized carbons (Fsp3) is 0.0769. The number of benzene rings is 1. The Morgan fingerprint density at radius 3 is 2.35 bits per heavy atom. The zero-order valence-electron chi connectivity index (χ0n) is 10.3. The predicted octanol–water partition coefficient (Wildman–Crippen LogP) is 0.914. The van der Waals surface area contributed by atoms with Crippen LogP contribution in [0.3, 0.4) is 0 Å². The van der Waals surface area contributed by atoms with Crippen LogP contribution in [0.2, 0.25) is 0 Å². The van der Waals surface area contributed by atoms with E-state index < -0.39 is 18.4 Å². The average molecular weight is 273 g/mol. The van der Waals surface area contributed by atoms with Gasteiger partial charge >= 0.3 is 5.97 Å². The van der Waals surface area contributed by atoms with Crippen LogP contribution in [0.25, 0.3) is 0 Å². The number of carboxylic acid groups (broad SMARTS) is 1. The summed E-state index contributed by atoms with van der Waals surface area (Å²) in [7, 11) is 0. The van der Waals surface area contributed by atoms with Gasteiger partial charge in [0.15, 0.2) is 0 Å². The molecule has 0 radical (unpaired) electrons. The number of hydrogen-bond donors (Lipinski definition) is 2. The second-order valence-electron chi connectivity index (χ2n) is 3.93. The number of aromatic nitrogens is 2. The summed E-state index contributed by atoms with van der Waals surface area (Å²) < 4.78 is 0. The molecule has 1 amide bonds. The molecule has 2 aromatic rings. The van der Waals surface area contributed by atoms with Gasteiger partial charge in [0.25, 0.3) is 5.91 Å². The van der Waals surface area contributed by atoms with Gasteiger partial charge in [-0.05, 0) is 30.3 Å². The number of aliphatic carboxylic acids is 1. The SMILES string of the molecule is O=C(O)CN(C(=O)c1ccnnc1)c1ccc(O)cc1. The number of carbonyl (C=O) groups is 2. The summed E-state index contributed by atoms with van der Waals surface area (Å²) >= 11 is 0. The molecule has 0 spiro atoms. The van der Waals surface area contributed by atoms with E-state index in [9.17, 15) is 14.7 Å². The van der Waals surface area contributed by atoms with Crippen molar-refractivity contribution in [2.75, 3.05) is 11.4 Å². The molecule has 20 heavy (non-hydrogen) atoms. The molecule has 1 aromatic heterocycles. The van der Waals surface area contributed by atoms with Crippen LogP contribution in [0, 0.1) is 0 Å². The molecule has 0 unspecified atom stereocenters. The average Bonchev–Trinajstić information content (AvgIpc) is 2.46. The van der Waals surface area contributed by atoms with Gasteiger partial charge in [-0.2, -0.15) is 10.2 Å². The van der Waals surface area contributed by atoms with Crippen molar-refractivity contribution in [3.63, 3.8) is 0 Å². The molecule has 7 nitrogen and oxygen atoms in total. The van der Waals surface area contributed by atoms with Crippen LogP contribution >= 0.6 is 0 Å². The quantitative estimate of drug-likeness (QED) is 0.858. The Morgan fingerprint density at radius 2 is 1.80 bits per heavy atom. The summed E-state index contributed by atoms with van der Waals surface area (Å²) in [6.07, 6.45) is 2.61. The number of carbonyl (C=O) groups excluding carboxylic acids is 1. The van der Waals surface area contributed by atoms with E-state index in [-0.39, 0.29) is 11.3 Å². The number of nitrogens with zero attached hydrogens (tertiary/aromatic N) is 3. The Labute approximate surface area is 114 Å². The molecule has 7 heteroatoms. The molecule has 0 aliphatic rings. The van der Waals surface area contributed by atoms with E-state index in [1.165, 1.54) is 42.7 Å². The number of hydrogen-bond acceptors (Lipinski definition) is 5. The maximum atomic E-state index is 12.3. The van der Waals surface area contributed by atoms with Gasteiger partial charge in [0.1, 0.15) is 12.3 Å². The lowest BCUT2D eigenvalue weighted by Crippen LogP contribution is -2.35. The summed E-state index contributed by atoms with van der Waals surface area (Å²) in [6.45, 7) is -0.494. The molecular weight excluding hydrogens is 262 g/mol. The summed E-state index contributed by atoms with van der Waals surface area (Å²) in [6, 6.07) is 7.13. The van der Waals surface area contributed by atoms with Crippen molar-refractivity contribution in [1.29, 1.82) is 0 Å². The van der Waals surface area contributed by atoms with Gasteiger partial charge < -0.3 is 10.2 Å². The van der Waals surface area contributed by atoms with E-state index in [4.69, 9.17) is 5.11 Å². The van der Waals surface area contributed by atoms with Gasteiger partial charge in [-0.15, -0.1) is 0 Å². The Hall–Kier alpha value is -2.96. The molecule has 2 N–H and O–H groups in total. The maximum absolute atomic E-state index is 12.3. The zero-order valence-corrected chi connectivity index (χ0v) is 10.3. The Kier molecular flexibility index (Phi) is 3.90. The molecule has 0 saturated heterocycles. The van der Waals surface area contributed by atoms with Gasteiger partial charge in [0.2, 0.25) is 0 Å². The van der Waals surface area contributed by atoms with Crippen LogP contribution < -0.4 is 4.90 Å². The lowest BCUT2D eigenvalue weighted by atomic mass is 10.2. The Balaban J connectivity index is 2.35. The van der Waals surface area contributed by atoms with E-state index in [2.05, 4.69) is 10.2 Å². The number of carboxylic acids is 1. The van der Waals surface area contributed by atoms with Crippen molar-refractivity contribution in [1.82, 2.24) is 10.2 Å². The summed E-state index contributed by atoms with van der Waals surface area (Å²) in [5.74, 6) is -1.62. The smallest absolute Gasteiger partial charge is 0.323 e. The second-order valence-corrected chi connectivity index (χ2v) is 3.93. The summed E-state index contributed by atoms with van der Waals surface area (Å²) in [5.41, 5.74) is 0.598. The van der Waals surface area contributed by atoms with Gasteiger partial charge in [-0.25, -0.2) is 0 Å². The highest BCUT2D eigenvalue weighted by Crippen LogP contribution is 2.20. The first-order valence-corrected chi connectivity index (χ1v) is 5.67. The van der Waals surface area contributed by atoms with Crippen LogP contribution in [0.5, 0.6) is 5.75 Å². The van der Waals surface area contributed by atoms with E-state index in [0.717, 1.165) is 4.90 Å². The molecule has 102 valence electrons. The van der Waals surface area contributed by atoms with Crippen LogP contribution in [0.4, 0.5) is 5.69 Å². The number of phenolic OH excluding ortho intramolecular Hbond substituents is 1.